The molecule has 31 heavy (non-hydrogen) atoms. The van der Waals surface area contributed by atoms with Gasteiger partial charge in [0.05, 0.1) is 19.7 Å². The fourth-order valence-electron chi connectivity index (χ4n) is 4.33. The van der Waals surface area contributed by atoms with Crippen molar-refractivity contribution < 1.29 is 9.84 Å². The molecule has 4 N–H and O–H groups in total. The van der Waals surface area contributed by atoms with Crippen LogP contribution in [-0.4, -0.2) is 33.3 Å². The molecule has 0 bridgehead atoms. The number of fused-ring (bicyclic) bond motifs is 3. The molecule has 0 aliphatic carbocycles. The quantitative estimate of drug-likeness (QED) is 0.405. The number of nitrogens with one attached hydrogen (secondary N) is 3. The first-order chi connectivity index (χ1) is 15.1. The van der Waals surface area contributed by atoms with Gasteiger partial charge in [-0.05, 0) is 35.7 Å². The van der Waals surface area contributed by atoms with Crippen LogP contribution in [0.4, 0.5) is 0 Å². The molecular formula is C23H22N4O4. The van der Waals surface area contributed by atoms with Crippen LogP contribution in [-0.2, 0) is 13.0 Å². The third kappa shape index (κ3) is 3.21. The van der Waals surface area contributed by atoms with Crippen molar-refractivity contribution in [3.05, 3.63) is 91.8 Å². The van der Waals surface area contributed by atoms with Crippen molar-refractivity contribution >= 4 is 10.9 Å². The third-order valence-corrected chi connectivity index (χ3v) is 5.84. The summed E-state index contributed by atoms with van der Waals surface area (Å²) in [6.07, 6.45) is 0.765. The predicted molar refractivity (Wildman–Crippen MR) is 117 cm³/mol. The molecule has 8 nitrogen and oxygen atoms in total. The highest BCUT2D eigenvalue weighted by Gasteiger charge is 2.31. The Labute approximate surface area is 177 Å². The molecule has 1 atom stereocenters. The molecule has 5 rings (SSSR count). The molecule has 2 aromatic heterocycles. The molecule has 0 amide bonds. The third-order valence-electron chi connectivity index (χ3n) is 5.84. The molecule has 0 unspecified atom stereocenters. The Hall–Kier alpha value is -3.78. The number of hydrogen-bond acceptors (Lipinski definition) is 5. The van der Waals surface area contributed by atoms with Crippen LogP contribution < -0.4 is 21.3 Å². The minimum atomic E-state index is -0.646. The fraction of sp³-hybridized carbons (Fsp3) is 0.217. The number of methoxy groups -OCH3 is 1. The number of hydrogen-bond donors (Lipinski definition) is 4. The molecule has 0 spiro atoms. The van der Waals surface area contributed by atoms with Crippen LogP contribution in [0.15, 0.2) is 58.1 Å². The van der Waals surface area contributed by atoms with Gasteiger partial charge >= 0.3 is 5.69 Å². The highest BCUT2D eigenvalue weighted by atomic mass is 16.5. The number of aromatic amines is 2. The number of nitrogens with zero attached hydrogens (tertiary/aromatic N) is 1. The van der Waals surface area contributed by atoms with Gasteiger partial charge in [0.1, 0.15) is 11.3 Å². The molecule has 0 saturated heterocycles. The van der Waals surface area contributed by atoms with E-state index in [4.69, 9.17) is 4.74 Å². The van der Waals surface area contributed by atoms with Gasteiger partial charge in [0.2, 0.25) is 5.88 Å². The first-order valence-corrected chi connectivity index (χ1v) is 10.1. The summed E-state index contributed by atoms with van der Waals surface area (Å²) >= 11 is 0. The first-order valence-electron chi connectivity index (χ1n) is 10.1. The summed E-state index contributed by atoms with van der Waals surface area (Å²) in [7, 11) is 1.62. The SMILES string of the molecule is COc1ccc2[nH]c3c(c2c1)CCN[C@@H]3c1c(O)n(Cc2ccccc2)c(=O)[nH]c1=O. The highest BCUT2D eigenvalue weighted by Crippen LogP contribution is 2.36. The molecule has 1 aliphatic rings. The monoisotopic (exact) mass is 418 g/mol. The summed E-state index contributed by atoms with van der Waals surface area (Å²) in [6.45, 7) is 0.775. The summed E-state index contributed by atoms with van der Waals surface area (Å²) in [5.41, 5.74) is 2.51. The van der Waals surface area contributed by atoms with Crippen molar-refractivity contribution in [2.45, 2.75) is 19.0 Å². The van der Waals surface area contributed by atoms with Crippen molar-refractivity contribution in [3.8, 4) is 11.6 Å². The molecule has 0 saturated carbocycles. The van der Waals surface area contributed by atoms with Crippen LogP contribution in [0.5, 0.6) is 11.6 Å². The van der Waals surface area contributed by atoms with Crippen LogP contribution in [0.3, 0.4) is 0 Å². The van der Waals surface area contributed by atoms with E-state index in [9.17, 15) is 14.7 Å². The Kier molecular flexibility index (Phi) is 4.63. The van der Waals surface area contributed by atoms with Gasteiger partial charge < -0.3 is 20.1 Å². The molecule has 1 aliphatic heterocycles. The summed E-state index contributed by atoms with van der Waals surface area (Å²) in [6, 6.07) is 14.5. The van der Waals surface area contributed by atoms with Crippen LogP contribution >= 0.6 is 0 Å². The number of ether oxygens (including phenoxy) is 1. The molecule has 0 radical (unpaired) electrons. The zero-order valence-electron chi connectivity index (χ0n) is 16.9. The summed E-state index contributed by atoms with van der Waals surface area (Å²) in [5, 5.41) is 15.4. The lowest BCUT2D eigenvalue weighted by molar-refractivity contribution is 0.390. The zero-order chi connectivity index (χ0) is 21.5. The van der Waals surface area contributed by atoms with E-state index in [0.717, 1.165) is 39.9 Å². The topological polar surface area (TPSA) is 112 Å². The molecule has 4 aromatic rings. The molecule has 2 aromatic carbocycles. The van der Waals surface area contributed by atoms with Gasteiger partial charge in [0.15, 0.2) is 0 Å². The first kappa shape index (κ1) is 19.2. The minimum Gasteiger partial charge on any atom is -0.497 e. The van der Waals surface area contributed by atoms with E-state index in [1.54, 1.807) is 7.11 Å². The van der Waals surface area contributed by atoms with E-state index in [1.807, 2.05) is 48.5 Å². The lowest BCUT2D eigenvalue weighted by atomic mass is 9.95. The number of aromatic hydroxyl groups is 1. The maximum absolute atomic E-state index is 12.8. The predicted octanol–water partition coefficient (Wildman–Crippen LogP) is 2.02. The summed E-state index contributed by atoms with van der Waals surface area (Å²) in [5.74, 6) is 0.417. The van der Waals surface area contributed by atoms with Gasteiger partial charge in [0.25, 0.3) is 5.56 Å². The van der Waals surface area contributed by atoms with E-state index in [1.165, 1.54) is 4.57 Å². The summed E-state index contributed by atoms with van der Waals surface area (Å²) < 4.78 is 6.54. The van der Waals surface area contributed by atoms with Gasteiger partial charge in [-0.25, -0.2) is 4.79 Å². The van der Waals surface area contributed by atoms with Crippen molar-refractivity contribution in [2.24, 2.45) is 0 Å². The standard InChI is InChI=1S/C23H22N4O4/c1-31-14-7-8-17-16(11-14)15-9-10-24-20(19(15)25-17)18-21(28)26-23(30)27(22(18)29)12-13-5-3-2-4-6-13/h2-8,11,20,24-25,29H,9-10,12H2,1H3,(H,26,28,30)/t20-/m1/s1. The van der Waals surface area contributed by atoms with Crippen LogP contribution in [0.2, 0.25) is 0 Å². The zero-order valence-corrected chi connectivity index (χ0v) is 16.9. The number of benzene rings is 2. The summed E-state index contributed by atoms with van der Waals surface area (Å²) in [4.78, 5) is 31.0. The van der Waals surface area contributed by atoms with Gasteiger partial charge in [-0.3, -0.25) is 14.3 Å². The smallest absolute Gasteiger partial charge is 0.331 e. The van der Waals surface area contributed by atoms with Crippen molar-refractivity contribution in [1.29, 1.82) is 0 Å². The average Bonchev–Trinajstić information content (AvgIpc) is 3.16. The fourth-order valence-corrected chi connectivity index (χ4v) is 4.33. The van der Waals surface area contributed by atoms with Gasteiger partial charge in [-0.1, -0.05) is 30.3 Å². The highest BCUT2D eigenvalue weighted by molar-refractivity contribution is 5.86. The number of aromatic nitrogens is 3. The average molecular weight is 418 g/mol. The largest absolute Gasteiger partial charge is 0.497 e. The van der Waals surface area contributed by atoms with Crippen LogP contribution in [0.25, 0.3) is 10.9 Å². The Bertz CT molecular complexity index is 1380. The van der Waals surface area contributed by atoms with Crippen LogP contribution in [0.1, 0.15) is 28.4 Å². The number of H-pyrrole nitrogens is 2. The van der Waals surface area contributed by atoms with E-state index in [0.29, 0.717) is 6.54 Å². The molecule has 158 valence electrons. The Morgan fingerprint density at radius 2 is 1.94 bits per heavy atom. The second kappa shape index (κ2) is 7.48. The minimum absolute atomic E-state index is 0.120. The maximum Gasteiger partial charge on any atom is 0.331 e. The van der Waals surface area contributed by atoms with Crippen molar-refractivity contribution in [3.63, 3.8) is 0 Å². The second-order valence-corrected chi connectivity index (χ2v) is 7.63. The lowest BCUT2D eigenvalue weighted by Gasteiger charge is -2.25. The maximum atomic E-state index is 12.8. The van der Waals surface area contributed by atoms with E-state index in [2.05, 4.69) is 15.3 Å². The van der Waals surface area contributed by atoms with E-state index in [-0.39, 0.29) is 18.0 Å². The lowest BCUT2D eigenvalue weighted by Crippen LogP contribution is -2.39. The van der Waals surface area contributed by atoms with Gasteiger partial charge in [-0.15, -0.1) is 0 Å². The van der Waals surface area contributed by atoms with E-state index >= 15 is 0 Å². The van der Waals surface area contributed by atoms with Crippen LogP contribution in [0, 0.1) is 0 Å². The Morgan fingerprint density at radius 3 is 2.71 bits per heavy atom. The molecule has 8 heteroatoms. The normalized spacial score (nSPS) is 15.7. The second-order valence-electron chi connectivity index (χ2n) is 7.63. The molecular weight excluding hydrogens is 396 g/mol. The number of rotatable bonds is 4. The van der Waals surface area contributed by atoms with E-state index < -0.39 is 17.3 Å². The molecule has 3 heterocycles. The Balaban J connectivity index is 1.66. The molecule has 0 fully saturated rings. The van der Waals surface area contributed by atoms with Crippen molar-refractivity contribution in [1.82, 2.24) is 19.9 Å². The van der Waals surface area contributed by atoms with Gasteiger partial charge in [0, 0.05) is 23.1 Å². The van der Waals surface area contributed by atoms with Crippen molar-refractivity contribution in [2.75, 3.05) is 13.7 Å². The Morgan fingerprint density at radius 1 is 1.13 bits per heavy atom. The van der Waals surface area contributed by atoms with Gasteiger partial charge in [-0.2, -0.15) is 0 Å².